The first-order valence-corrected chi connectivity index (χ1v) is 15.4. The highest BCUT2D eigenvalue weighted by Gasteiger charge is 2.63. The lowest BCUT2D eigenvalue weighted by atomic mass is 9.46. The van der Waals surface area contributed by atoms with Crippen LogP contribution in [0.5, 0.6) is 0 Å². The summed E-state index contributed by atoms with van der Waals surface area (Å²) in [6.45, 7) is 6.01. The van der Waals surface area contributed by atoms with Crippen LogP contribution in [0, 0.1) is 40.9 Å². The van der Waals surface area contributed by atoms with E-state index in [2.05, 4.69) is 36.3 Å². The number of oxime groups is 1. The first kappa shape index (κ1) is 30.3. The van der Waals surface area contributed by atoms with Crippen molar-refractivity contribution < 1.29 is 29.4 Å². The van der Waals surface area contributed by atoms with Gasteiger partial charge in [0.05, 0.1) is 12.3 Å². The van der Waals surface area contributed by atoms with Gasteiger partial charge in [-0.3, -0.25) is 4.79 Å². The summed E-state index contributed by atoms with van der Waals surface area (Å²) in [6.07, 6.45) is 14.2. The lowest BCUT2D eigenvalue weighted by molar-refractivity contribution is -0.151. The van der Waals surface area contributed by atoms with Gasteiger partial charge in [-0.05, 0) is 93.1 Å². The number of allylic oxidation sites excluding steroid dienone is 2. The van der Waals surface area contributed by atoms with E-state index in [0.29, 0.717) is 29.7 Å². The van der Waals surface area contributed by atoms with Crippen molar-refractivity contribution >= 4 is 17.6 Å². The van der Waals surface area contributed by atoms with Crippen molar-refractivity contribution in [1.29, 1.82) is 0 Å². The molecule has 0 spiro atoms. The number of terminal acetylenes is 1. The summed E-state index contributed by atoms with van der Waals surface area (Å²) in [5.74, 6) is 3.03. The molecule has 0 aromatic heterocycles. The van der Waals surface area contributed by atoms with Crippen molar-refractivity contribution in [1.82, 2.24) is 5.32 Å². The number of rotatable bonds is 8. The SMILES string of the molecule is C#C[C@@]1(O)CC[C@@H]2[C@@H]3CCC4=CC(=NOCC(=O)N[C@H](C(=O)OCC)[C@H](O)c5ccccc5)CC[C@@]4(C)[C@H]3CC[C@]21C. The minimum Gasteiger partial charge on any atom is -0.464 e. The van der Waals surface area contributed by atoms with Gasteiger partial charge in [-0.2, -0.15) is 0 Å². The van der Waals surface area contributed by atoms with Crippen LogP contribution in [0.4, 0.5) is 0 Å². The second kappa shape index (κ2) is 11.9. The maximum Gasteiger partial charge on any atom is 0.331 e. The number of benzene rings is 1. The van der Waals surface area contributed by atoms with Gasteiger partial charge in [-0.25, -0.2) is 4.79 Å². The number of fused-ring (bicyclic) bond motifs is 5. The number of carbonyl (C=O) groups excluding carboxylic acids is 2. The Labute approximate surface area is 248 Å². The van der Waals surface area contributed by atoms with Crippen LogP contribution in [0.15, 0.2) is 47.1 Å². The summed E-state index contributed by atoms with van der Waals surface area (Å²) in [7, 11) is 0. The summed E-state index contributed by atoms with van der Waals surface area (Å²) in [6, 6.07) is 7.39. The number of esters is 1. The quantitative estimate of drug-likeness (QED) is 0.239. The third kappa shape index (κ3) is 5.26. The number of ether oxygens (including phenoxy) is 1. The van der Waals surface area contributed by atoms with Gasteiger partial charge in [0.2, 0.25) is 0 Å². The fraction of sp³-hybridized carbons (Fsp3) is 0.618. The van der Waals surface area contributed by atoms with Crippen LogP contribution < -0.4 is 5.32 Å². The molecule has 1 amide bonds. The summed E-state index contributed by atoms with van der Waals surface area (Å²) in [5.41, 5.74) is 1.57. The second-order valence-corrected chi connectivity index (χ2v) is 13.0. The average Bonchev–Trinajstić information content (AvgIpc) is 3.27. The number of aliphatic hydroxyl groups is 2. The van der Waals surface area contributed by atoms with Crippen molar-refractivity contribution in [2.45, 2.75) is 89.9 Å². The largest absolute Gasteiger partial charge is 0.464 e. The molecular formula is C34H44N2O6. The molecule has 4 aliphatic carbocycles. The van der Waals surface area contributed by atoms with E-state index in [1.807, 2.05) is 0 Å². The predicted octanol–water partition coefficient (Wildman–Crippen LogP) is 4.47. The monoisotopic (exact) mass is 576 g/mol. The molecule has 3 N–H and O–H groups in total. The van der Waals surface area contributed by atoms with Gasteiger partial charge in [0.15, 0.2) is 12.6 Å². The molecule has 0 bridgehead atoms. The molecule has 0 heterocycles. The number of amides is 1. The van der Waals surface area contributed by atoms with Crippen molar-refractivity contribution in [3.63, 3.8) is 0 Å². The average molecular weight is 577 g/mol. The molecule has 8 nitrogen and oxygen atoms in total. The number of nitrogens with one attached hydrogen (secondary N) is 1. The molecule has 226 valence electrons. The first-order chi connectivity index (χ1) is 20.1. The van der Waals surface area contributed by atoms with E-state index in [-0.39, 0.29) is 24.0 Å². The van der Waals surface area contributed by atoms with E-state index < -0.39 is 29.6 Å². The van der Waals surface area contributed by atoms with Gasteiger partial charge in [0.25, 0.3) is 5.91 Å². The van der Waals surface area contributed by atoms with E-state index in [9.17, 15) is 19.8 Å². The van der Waals surface area contributed by atoms with Crippen LogP contribution in [0.1, 0.15) is 83.8 Å². The van der Waals surface area contributed by atoms with E-state index in [1.54, 1.807) is 37.3 Å². The molecule has 8 heteroatoms. The molecule has 4 aliphatic rings. The van der Waals surface area contributed by atoms with E-state index >= 15 is 0 Å². The summed E-state index contributed by atoms with van der Waals surface area (Å²) >= 11 is 0. The summed E-state index contributed by atoms with van der Waals surface area (Å²) in [4.78, 5) is 30.6. The lowest BCUT2D eigenvalue weighted by Gasteiger charge is -2.58. The number of carbonyl (C=O) groups is 2. The van der Waals surface area contributed by atoms with Crippen molar-refractivity contribution in [2.24, 2.45) is 33.7 Å². The molecule has 8 atom stereocenters. The van der Waals surface area contributed by atoms with E-state index in [0.717, 1.165) is 50.7 Å². The second-order valence-electron chi connectivity index (χ2n) is 13.0. The Hall–Kier alpha value is -3.15. The van der Waals surface area contributed by atoms with Crippen LogP contribution in [0.2, 0.25) is 0 Å². The minimum absolute atomic E-state index is 0.0813. The zero-order valence-corrected chi connectivity index (χ0v) is 25.0. The maximum absolute atomic E-state index is 12.7. The summed E-state index contributed by atoms with van der Waals surface area (Å²) in [5, 5.41) is 28.8. The van der Waals surface area contributed by atoms with Crippen molar-refractivity contribution in [3.05, 3.63) is 47.5 Å². The third-order valence-corrected chi connectivity index (χ3v) is 11.1. The molecule has 3 fully saturated rings. The van der Waals surface area contributed by atoms with Gasteiger partial charge in [-0.1, -0.05) is 60.8 Å². The Kier molecular flexibility index (Phi) is 8.55. The highest BCUT2D eigenvalue weighted by Crippen LogP contribution is 2.67. The molecule has 3 saturated carbocycles. The Morgan fingerprint density at radius 2 is 1.86 bits per heavy atom. The van der Waals surface area contributed by atoms with Gasteiger partial charge >= 0.3 is 5.97 Å². The molecular weight excluding hydrogens is 532 g/mol. The molecule has 0 saturated heterocycles. The zero-order chi connectivity index (χ0) is 30.1. The molecule has 42 heavy (non-hydrogen) atoms. The molecule has 0 aliphatic heterocycles. The summed E-state index contributed by atoms with van der Waals surface area (Å²) < 4.78 is 5.08. The number of hydrogen-bond donors (Lipinski definition) is 3. The Morgan fingerprint density at radius 3 is 2.57 bits per heavy atom. The van der Waals surface area contributed by atoms with Gasteiger partial charge < -0.3 is 25.1 Å². The van der Waals surface area contributed by atoms with Crippen LogP contribution in [-0.4, -0.2) is 52.7 Å². The fourth-order valence-electron chi connectivity index (χ4n) is 8.63. The molecule has 0 radical (unpaired) electrons. The molecule has 5 rings (SSSR count). The molecule has 1 aromatic rings. The van der Waals surface area contributed by atoms with Crippen LogP contribution in [-0.2, 0) is 19.2 Å². The van der Waals surface area contributed by atoms with Gasteiger partial charge in [0.1, 0.15) is 11.7 Å². The Bertz CT molecular complexity index is 1290. The number of aliphatic hydroxyl groups excluding tert-OH is 1. The first-order valence-electron chi connectivity index (χ1n) is 15.4. The van der Waals surface area contributed by atoms with Gasteiger partial charge in [0, 0.05) is 5.41 Å². The Morgan fingerprint density at radius 1 is 1.12 bits per heavy atom. The lowest BCUT2D eigenvalue weighted by Crippen LogP contribution is -2.54. The zero-order valence-electron chi connectivity index (χ0n) is 25.0. The fourth-order valence-corrected chi connectivity index (χ4v) is 8.63. The third-order valence-electron chi connectivity index (χ3n) is 11.1. The highest BCUT2D eigenvalue weighted by molar-refractivity contribution is 5.96. The number of hydrogen-bond acceptors (Lipinski definition) is 7. The minimum atomic E-state index is -1.27. The molecule has 1 aromatic carbocycles. The van der Waals surface area contributed by atoms with Crippen molar-refractivity contribution in [3.8, 4) is 12.3 Å². The van der Waals surface area contributed by atoms with E-state index in [1.165, 1.54) is 5.57 Å². The standard InChI is InChI=1S/C34H44N2O6/c1-5-34(40)19-16-27-25-13-12-23-20-24(14-17-32(23,3)26(25)15-18-33(27,34)4)36-42-21-28(37)35-29(31(39)41-6-2)30(38)22-10-8-7-9-11-22/h1,7-11,20,25-27,29-30,38,40H,6,12-19,21H2,2-4H3,(H,35,37)/t25-,26+,27-,29+,30-,32-,33-,34-/m1/s1. The van der Waals surface area contributed by atoms with Crippen LogP contribution in [0.3, 0.4) is 0 Å². The van der Waals surface area contributed by atoms with Crippen LogP contribution >= 0.6 is 0 Å². The number of nitrogens with zero attached hydrogens (tertiary/aromatic N) is 1. The predicted molar refractivity (Wildman–Crippen MR) is 159 cm³/mol. The Balaban J connectivity index is 1.21. The van der Waals surface area contributed by atoms with Gasteiger partial charge in [-0.15, -0.1) is 6.42 Å². The maximum atomic E-state index is 12.7. The van der Waals surface area contributed by atoms with Crippen LogP contribution in [0.25, 0.3) is 0 Å². The molecule has 0 unspecified atom stereocenters. The van der Waals surface area contributed by atoms with Crippen molar-refractivity contribution in [2.75, 3.05) is 13.2 Å². The van der Waals surface area contributed by atoms with E-state index in [4.69, 9.17) is 16.0 Å². The highest BCUT2D eigenvalue weighted by atomic mass is 16.6. The normalized spacial score (nSPS) is 35.9. The smallest absolute Gasteiger partial charge is 0.331 e. The topological polar surface area (TPSA) is 117 Å².